The molecule has 8 heteroatoms. The molecule has 286 valence electrons. The number of anilines is 2. The van der Waals surface area contributed by atoms with Gasteiger partial charge >= 0.3 is 0 Å². The second-order valence-electron chi connectivity index (χ2n) is 13.7. The van der Waals surface area contributed by atoms with Crippen LogP contribution in [0.1, 0.15) is 96.0 Å². The molecule has 4 rings (SSSR count). The van der Waals surface area contributed by atoms with Crippen molar-refractivity contribution in [1.82, 2.24) is 4.90 Å². The van der Waals surface area contributed by atoms with Crippen LogP contribution in [-0.2, 0) is 16.0 Å². The maximum atomic E-state index is 13.3. The summed E-state index contributed by atoms with van der Waals surface area (Å²) in [6.45, 7) is 7.57. The lowest BCUT2D eigenvalue weighted by Crippen LogP contribution is -2.46. The molecule has 0 bridgehead atoms. The number of halogens is 2. The first-order chi connectivity index (χ1) is 26.0. The third-order valence-electron chi connectivity index (χ3n) is 9.61. The number of nitrogens with zero attached hydrogens (tertiary/aromatic N) is 3. The lowest BCUT2D eigenvalue weighted by atomic mass is 10.00. The van der Waals surface area contributed by atoms with Crippen molar-refractivity contribution >= 4 is 46.4 Å². The zero-order chi connectivity index (χ0) is 37.5. The monoisotopic (exact) mass is 759 g/mol. The second-order valence-corrected chi connectivity index (χ2v) is 14.5. The van der Waals surface area contributed by atoms with Gasteiger partial charge in [0.25, 0.3) is 0 Å². The maximum absolute atomic E-state index is 13.3. The Labute approximate surface area is 328 Å². The van der Waals surface area contributed by atoms with E-state index >= 15 is 0 Å². The van der Waals surface area contributed by atoms with Crippen LogP contribution in [0.2, 0.25) is 10.0 Å². The van der Waals surface area contributed by atoms with Crippen molar-refractivity contribution < 1.29 is 14.3 Å². The van der Waals surface area contributed by atoms with E-state index in [2.05, 4.69) is 77.5 Å². The number of fused-ring (bicyclic) bond motifs is 1. The highest BCUT2D eigenvalue weighted by Crippen LogP contribution is 2.34. The average molecular weight is 761 g/mol. The van der Waals surface area contributed by atoms with Crippen LogP contribution in [-0.4, -0.2) is 56.0 Å². The molecule has 0 unspecified atom stereocenters. The van der Waals surface area contributed by atoms with E-state index in [0.717, 1.165) is 115 Å². The van der Waals surface area contributed by atoms with Gasteiger partial charge in [-0.25, -0.2) is 0 Å². The number of amides is 2. The van der Waals surface area contributed by atoms with Gasteiger partial charge in [0.05, 0.1) is 28.0 Å². The Morgan fingerprint density at radius 3 is 2.11 bits per heavy atom. The highest BCUT2D eigenvalue weighted by atomic mass is 35.5. The van der Waals surface area contributed by atoms with E-state index in [0.29, 0.717) is 47.4 Å². The van der Waals surface area contributed by atoms with E-state index in [9.17, 15) is 9.59 Å². The SMILES string of the molecule is CCC=CCC=CCC=CCC=CCC=CCCCCCC(=O)N1C(=O)CCc2ccc(OCCCCN3CCN(c4cccc(Cl)c4Cl)CC3)cc21. The summed E-state index contributed by atoms with van der Waals surface area (Å²) in [4.78, 5) is 32.4. The molecular formula is C45H59Cl2N3O3. The number of benzene rings is 2. The Balaban J connectivity index is 1.07. The minimum atomic E-state index is -0.115. The Morgan fingerprint density at radius 2 is 1.42 bits per heavy atom. The third-order valence-corrected chi connectivity index (χ3v) is 10.4. The van der Waals surface area contributed by atoms with Gasteiger partial charge in [0.15, 0.2) is 0 Å². The maximum Gasteiger partial charge on any atom is 0.234 e. The fourth-order valence-electron chi connectivity index (χ4n) is 6.59. The molecule has 2 aliphatic rings. The number of ether oxygens (including phenoxy) is 1. The lowest BCUT2D eigenvalue weighted by Gasteiger charge is -2.36. The predicted molar refractivity (Wildman–Crippen MR) is 225 cm³/mol. The normalized spacial score (nSPS) is 15.6. The fraction of sp³-hybridized carbons (Fsp3) is 0.467. The van der Waals surface area contributed by atoms with Gasteiger partial charge in [-0.05, 0) is 101 Å². The van der Waals surface area contributed by atoms with Crippen molar-refractivity contribution in [1.29, 1.82) is 0 Å². The van der Waals surface area contributed by atoms with Crippen LogP contribution in [0.3, 0.4) is 0 Å². The molecule has 0 aromatic heterocycles. The summed E-state index contributed by atoms with van der Waals surface area (Å²) in [6.07, 6.45) is 34.3. The number of hydrogen-bond acceptors (Lipinski definition) is 5. The zero-order valence-corrected chi connectivity index (χ0v) is 33.2. The molecule has 2 aromatic rings. The molecule has 53 heavy (non-hydrogen) atoms. The first-order valence-corrected chi connectivity index (χ1v) is 20.5. The molecule has 6 nitrogen and oxygen atoms in total. The van der Waals surface area contributed by atoms with Gasteiger partial charge in [-0.15, -0.1) is 0 Å². The Hall–Kier alpha value is -3.58. The van der Waals surface area contributed by atoms with Crippen LogP contribution in [0.5, 0.6) is 5.75 Å². The van der Waals surface area contributed by atoms with Gasteiger partial charge < -0.3 is 9.64 Å². The van der Waals surface area contributed by atoms with Crippen LogP contribution in [0.15, 0.2) is 97.2 Å². The van der Waals surface area contributed by atoms with Gasteiger partial charge in [-0.2, -0.15) is 0 Å². The summed E-state index contributed by atoms with van der Waals surface area (Å²) in [7, 11) is 0. The summed E-state index contributed by atoms with van der Waals surface area (Å²) in [5.74, 6) is 0.484. The van der Waals surface area contributed by atoms with Gasteiger partial charge in [0, 0.05) is 45.1 Å². The van der Waals surface area contributed by atoms with Crippen LogP contribution >= 0.6 is 23.2 Å². The van der Waals surface area contributed by atoms with Crippen molar-refractivity contribution in [3.63, 3.8) is 0 Å². The summed E-state index contributed by atoms with van der Waals surface area (Å²) in [5.41, 5.74) is 2.73. The molecule has 2 heterocycles. The number of imide groups is 1. The van der Waals surface area contributed by atoms with Crippen LogP contribution < -0.4 is 14.5 Å². The largest absolute Gasteiger partial charge is 0.494 e. The molecule has 1 saturated heterocycles. The van der Waals surface area contributed by atoms with E-state index in [1.54, 1.807) is 0 Å². The molecule has 0 N–H and O–H groups in total. The topological polar surface area (TPSA) is 53.1 Å². The summed E-state index contributed by atoms with van der Waals surface area (Å²) in [6, 6.07) is 11.7. The van der Waals surface area contributed by atoms with Crippen molar-refractivity contribution in [3.8, 4) is 5.75 Å². The molecule has 2 aromatic carbocycles. The molecule has 0 spiro atoms. The molecule has 2 amide bonds. The van der Waals surface area contributed by atoms with E-state index in [4.69, 9.17) is 27.9 Å². The molecule has 1 fully saturated rings. The minimum absolute atomic E-state index is 0.110. The highest BCUT2D eigenvalue weighted by molar-refractivity contribution is 6.43. The average Bonchev–Trinajstić information content (AvgIpc) is 3.16. The number of allylic oxidation sites excluding steroid dienone is 10. The molecule has 0 atom stereocenters. The summed E-state index contributed by atoms with van der Waals surface area (Å²) in [5, 5.41) is 1.22. The second kappa shape index (κ2) is 24.7. The lowest BCUT2D eigenvalue weighted by molar-refractivity contribution is -0.126. The predicted octanol–water partition coefficient (Wildman–Crippen LogP) is 11.5. The van der Waals surface area contributed by atoms with E-state index in [-0.39, 0.29) is 11.8 Å². The van der Waals surface area contributed by atoms with Gasteiger partial charge in [-0.3, -0.25) is 19.4 Å². The zero-order valence-electron chi connectivity index (χ0n) is 31.7. The number of rotatable bonds is 22. The first-order valence-electron chi connectivity index (χ1n) is 19.8. The van der Waals surface area contributed by atoms with Crippen LogP contribution in [0.25, 0.3) is 0 Å². The molecular weight excluding hydrogens is 701 g/mol. The van der Waals surface area contributed by atoms with Gasteiger partial charge in [-0.1, -0.05) is 109 Å². The minimum Gasteiger partial charge on any atom is -0.494 e. The standard InChI is InChI=1S/C45H59Cl2N3O3/c1-2-3-4-5-6-7-8-9-10-11-12-13-14-15-16-17-18-19-20-26-43(51)50-42-37-39(29-27-38(42)28-30-44(50)52)53-36-22-21-31-48-32-34-49(35-33-48)41-25-23-24-40(46)45(41)47/h3-4,6-7,9-10,12-13,15-16,23-25,27,29,37H,2,5,8,11,14,17-22,26,28,30-36H2,1H3. The van der Waals surface area contributed by atoms with Crippen molar-refractivity contribution in [3.05, 3.63) is 113 Å². The number of carbonyl (C=O) groups is 2. The van der Waals surface area contributed by atoms with E-state index in [1.807, 2.05) is 36.4 Å². The smallest absolute Gasteiger partial charge is 0.234 e. The Kier molecular flexibility index (Phi) is 19.6. The van der Waals surface area contributed by atoms with Crippen LogP contribution in [0.4, 0.5) is 11.4 Å². The fourth-order valence-corrected chi connectivity index (χ4v) is 7.00. The van der Waals surface area contributed by atoms with Crippen LogP contribution in [0, 0.1) is 0 Å². The van der Waals surface area contributed by atoms with Crippen molar-refractivity contribution in [2.24, 2.45) is 0 Å². The van der Waals surface area contributed by atoms with Crippen molar-refractivity contribution in [2.75, 3.05) is 49.1 Å². The molecule has 0 radical (unpaired) electrons. The number of aryl methyl sites for hydroxylation is 1. The molecule has 2 aliphatic heterocycles. The van der Waals surface area contributed by atoms with E-state index < -0.39 is 0 Å². The number of piperazine rings is 1. The third kappa shape index (κ3) is 15.0. The summed E-state index contributed by atoms with van der Waals surface area (Å²) < 4.78 is 6.11. The van der Waals surface area contributed by atoms with Gasteiger partial charge in [0.2, 0.25) is 11.8 Å². The van der Waals surface area contributed by atoms with E-state index in [1.165, 1.54) is 4.90 Å². The quantitative estimate of drug-likeness (QED) is 0.0884. The first kappa shape index (κ1) is 42.2. The molecule has 0 saturated carbocycles. The number of unbranched alkanes of at least 4 members (excludes halogenated alkanes) is 4. The Morgan fingerprint density at radius 1 is 0.736 bits per heavy atom. The number of hydrogen-bond donors (Lipinski definition) is 0. The van der Waals surface area contributed by atoms with Gasteiger partial charge in [0.1, 0.15) is 5.75 Å². The molecule has 0 aliphatic carbocycles. The van der Waals surface area contributed by atoms with Crippen molar-refractivity contribution in [2.45, 2.75) is 96.8 Å². The summed E-state index contributed by atoms with van der Waals surface area (Å²) >= 11 is 12.6. The Bertz CT molecular complexity index is 1570. The highest BCUT2D eigenvalue weighted by Gasteiger charge is 2.29. The number of carbonyl (C=O) groups excluding carboxylic acids is 2.